The monoisotopic (exact) mass is 511 g/mol. The molecule has 3 aliphatic carbocycles. The average Bonchev–Trinajstić information content (AvgIpc) is 3.57. The van der Waals surface area contributed by atoms with Crippen LogP contribution in [0.4, 0.5) is 0 Å². The van der Waals surface area contributed by atoms with E-state index >= 15 is 0 Å². The molecule has 0 aliphatic heterocycles. The first-order valence-corrected chi connectivity index (χ1v) is 13.8. The van der Waals surface area contributed by atoms with Gasteiger partial charge in [-0.05, 0) is 63.7 Å². The Kier molecular flexibility index (Phi) is 9.51. The van der Waals surface area contributed by atoms with Crippen molar-refractivity contribution in [2.75, 3.05) is 0 Å². The van der Waals surface area contributed by atoms with Crippen LogP contribution in [0.5, 0.6) is 0 Å². The molecule has 0 saturated heterocycles. The summed E-state index contributed by atoms with van der Waals surface area (Å²) in [5.74, 6) is 1.26. The lowest BCUT2D eigenvalue weighted by Gasteiger charge is -2.30. The van der Waals surface area contributed by atoms with Crippen LogP contribution in [0.15, 0.2) is 29.0 Å². The van der Waals surface area contributed by atoms with Crippen molar-refractivity contribution >= 4 is 17.5 Å². The van der Waals surface area contributed by atoms with E-state index in [1.807, 2.05) is 18.5 Å². The molecular weight excluding hydrogens is 466 g/mol. The molecule has 8 nitrogen and oxygen atoms in total. The number of carbonyl (C=O) groups is 2. The summed E-state index contributed by atoms with van der Waals surface area (Å²) in [6.07, 6.45) is 9.82. The van der Waals surface area contributed by atoms with Gasteiger partial charge in [-0.15, -0.1) is 6.58 Å². The van der Waals surface area contributed by atoms with Gasteiger partial charge in [-0.3, -0.25) is 9.59 Å². The summed E-state index contributed by atoms with van der Waals surface area (Å²) in [6.45, 7) is 13.1. The van der Waals surface area contributed by atoms with Crippen molar-refractivity contribution in [3.63, 3.8) is 0 Å². The number of nitrogens with two attached hydrogens (primary N) is 1. The van der Waals surface area contributed by atoms with Crippen LogP contribution in [-0.2, 0) is 17.6 Å². The maximum Gasteiger partial charge on any atom is 0.248 e. The number of nitrogens with zero attached hydrogens (tertiary/aromatic N) is 3. The summed E-state index contributed by atoms with van der Waals surface area (Å²) in [5.41, 5.74) is 8.38. The highest BCUT2D eigenvalue weighted by Gasteiger charge is 2.38. The predicted molar refractivity (Wildman–Crippen MR) is 147 cm³/mol. The van der Waals surface area contributed by atoms with E-state index < -0.39 is 12.0 Å². The van der Waals surface area contributed by atoms with Crippen molar-refractivity contribution in [2.24, 2.45) is 22.1 Å². The van der Waals surface area contributed by atoms with Crippen LogP contribution in [0, 0.1) is 11.3 Å². The number of aromatic nitrogens is 2. The van der Waals surface area contributed by atoms with Crippen molar-refractivity contribution in [1.82, 2.24) is 15.1 Å². The molecule has 1 amide bonds. The number of aliphatic hydroxyl groups is 1. The van der Waals surface area contributed by atoms with Crippen molar-refractivity contribution in [3.05, 3.63) is 41.0 Å². The molecule has 204 valence electrons. The molecule has 0 aromatic carbocycles. The summed E-state index contributed by atoms with van der Waals surface area (Å²) in [6, 6.07) is -0.183. The summed E-state index contributed by atoms with van der Waals surface area (Å²) in [4.78, 5) is 30.1. The number of carbonyl (C=O) groups excluding carboxylic acids is 2. The molecule has 0 bridgehead atoms. The highest BCUT2D eigenvalue weighted by atomic mass is 16.3. The van der Waals surface area contributed by atoms with E-state index in [0.29, 0.717) is 36.0 Å². The Labute approximate surface area is 221 Å². The second-order valence-corrected chi connectivity index (χ2v) is 11.5. The molecule has 1 aromatic heterocycles. The molecule has 0 radical (unpaired) electrons. The van der Waals surface area contributed by atoms with Crippen molar-refractivity contribution < 1.29 is 14.7 Å². The number of amides is 1. The number of Topliss-reactive ketones (excluding diaryl/α,β-unsaturated/α-hetero) is 1. The Morgan fingerprint density at radius 2 is 1.92 bits per heavy atom. The van der Waals surface area contributed by atoms with Crippen molar-refractivity contribution in [2.45, 2.75) is 111 Å². The van der Waals surface area contributed by atoms with Gasteiger partial charge in [0.05, 0.1) is 34.7 Å². The molecule has 2 unspecified atom stereocenters. The molecule has 4 N–H and O–H groups in total. The van der Waals surface area contributed by atoms with E-state index in [1.54, 1.807) is 13.0 Å². The smallest absolute Gasteiger partial charge is 0.248 e. The molecule has 4 rings (SSSR count). The Balaban J connectivity index is 0.00000121. The van der Waals surface area contributed by atoms with Crippen LogP contribution < -0.4 is 11.1 Å². The van der Waals surface area contributed by atoms with E-state index in [1.165, 1.54) is 12.8 Å². The maximum atomic E-state index is 13.2. The van der Waals surface area contributed by atoms with Gasteiger partial charge in [0.1, 0.15) is 11.7 Å². The first-order chi connectivity index (χ1) is 17.5. The maximum absolute atomic E-state index is 13.2. The Morgan fingerprint density at radius 3 is 2.49 bits per heavy atom. The van der Waals surface area contributed by atoms with Gasteiger partial charge < -0.3 is 16.2 Å². The number of hydrogen-bond donors (Lipinski definition) is 3. The zero-order chi connectivity index (χ0) is 27.3. The molecule has 1 aromatic rings. The number of rotatable bonds is 7. The third-order valence-electron chi connectivity index (χ3n) is 7.37. The fourth-order valence-electron chi connectivity index (χ4n) is 5.18. The fourth-order valence-corrected chi connectivity index (χ4v) is 5.18. The fraction of sp³-hybridized carbons (Fsp3) is 0.655. The Hall–Kier alpha value is -2.74. The van der Waals surface area contributed by atoms with Crippen molar-refractivity contribution in [3.8, 4) is 0 Å². The lowest BCUT2D eigenvalue weighted by atomic mass is 9.75. The molecule has 2 fully saturated rings. The van der Waals surface area contributed by atoms with Gasteiger partial charge in [-0.1, -0.05) is 39.7 Å². The molecule has 0 spiro atoms. The number of nitrogens with one attached hydrogen (secondary N) is 1. The van der Waals surface area contributed by atoms with E-state index in [4.69, 9.17) is 15.8 Å². The molecular formula is C29H45N5O3. The summed E-state index contributed by atoms with van der Waals surface area (Å²) in [7, 11) is 0. The van der Waals surface area contributed by atoms with E-state index in [2.05, 4.69) is 25.7 Å². The number of primary amides is 1. The third-order valence-corrected chi connectivity index (χ3v) is 7.37. The minimum absolute atomic E-state index is 0.149. The SMILES string of the molecule is C=CC.CC/C(=N\C(NC1CCCCC1O)=C(/C)C(N)=O)n1nc(CC2CC2)c2c1CC(C)(C)CC2=O. The van der Waals surface area contributed by atoms with Gasteiger partial charge in [0, 0.05) is 12.8 Å². The first-order valence-electron chi connectivity index (χ1n) is 13.8. The molecule has 2 saturated carbocycles. The standard InChI is InChI=1S/C26H39N5O3.C3H6/c1-5-22(29-25(15(2)24(27)34)28-17-8-6-7-9-20(17)32)31-19-13-26(3,4)14-21(33)23(19)18(30-31)12-16-10-11-16;1-3-2/h16-17,20,28,32H,5-14H2,1-4H3,(H2,27,34);3H,1H2,2H3/b25-15+,29-22+;. The van der Waals surface area contributed by atoms with Crippen LogP contribution in [0.3, 0.4) is 0 Å². The van der Waals surface area contributed by atoms with Crippen LogP contribution >= 0.6 is 0 Å². The molecule has 37 heavy (non-hydrogen) atoms. The largest absolute Gasteiger partial charge is 0.391 e. The first kappa shape index (κ1) is 28.8. The lowest BCUT2D eigenvalue weighted by molar-refractivity contribution is -0.114. The topological polar surface area (TPSA) is 123 Å². The van der Waals surface area contributed by atoms with Gasteiger partial charge in [0.25, 0.3) is 0 Å². The quantitative estimate of drug-likeness (QED) is 0.216. The highest BCUT2D eigenvalue weighted by Crippen LogP contribution is 2.39. The minimum atomic E-state index is -0.555. The normalized spacial score (nSPS) is 23.8. The predicted octanol–water partition coefficient (Wildman–Crippen LogP) is 4.45. The van der Waals surface area contributed by atoms with Crippen LogP contribution in [0.25, 0.3) is 0 Å². The highest BCUT2D eigenvalue weighted by molar-refractivity contribution is 6.01. The molecule has 1 heterocycles. The number of aliphatic imine (C=N–C) groups is 1. The van der Waals surface area contributed by atoms with E-state index in [0.717, 1.165) is 55.5 Å². The summed E-state index contributed by atoms with van der Waals surface area (Å²) in [5, 5.41) is 18.7. The average molecular weight is 512 g/mol. The van der Waals surface area contributed by atoms with Gasteiger partial charge in [0.15, 0.2) is 5.78 Å². The summed E-state index contributed by atoms with van der Waals surface area (Å²) >= 11 is 0. The van der Waals surface area contributed by atoms with Gasteiger partial charge in [-0.25, -0.2) is 9.67 Å². The third kappa shape index (κ3) is 7.18. The van der Waals surface area contributed by atoms with E-state index in [-0.39, 0.29) is 17.2 Å². The number of ketones is 1. The van der Waals surface area contributed by atoms with Gasteiger partial charge in [0.2, 0.25) is 5.91 Å². The number of allylic oxidation sites excluding steroid dienone is 1. The molecule has 3 aliphatic rings. The second kappa shape index (κ2) is 12.2. The number of aliphatic hydroxyl groups excluding tert-OH is 1. The zero-order valence-electron chi connectivity index (χ0n) is 23.3. The van der Waals surface area contributed by atoms with E-state index in [9.17, 15) is 14.7 Å². The van der Waals surface area contributed by atoms with Crippen molar-refractivity contribution in [1.29, 1.82) is 0 Å². The minimum Gasteiger partial charge on any atom is -0.391 e. The van der Waals surface area contributed by atoms with Gasteiger partial charge >= 0.3 is 0 Å². The Morgan fingerprint density at radius 1 is 1.27 bits per heavy atom. The number of fused-ring (bicyclic) bond motifs is 1. The zero-order valence-corrected chi connectivity index (χ0v) is 23.3. The molecule has 2 atom stereocenters. The van der Waals surface area contributed by atoms with Crippen LogP contribution in [-0.4, -0.2) is 44.6 Å². The number of hydrogen-bond acceptors (Lipinski definition) is 6. The van der Waals surface area contributed by atoms with Crippen LogP contribution in [0.1, 0.15) is 108 Å². The molecule has 8 heteroatoms. The van der Waals surface area contributed by atoms with Crippen LogP contribution in [0.2, 0.25) is 0 Å². The Bertz CT molecular complexity index is 1080. The second-order valence-electron chi connectivity index (χ2n) is 11.5. The van der Waals surface area contributed by atoms with Gasteiger partial charge in [-0.2, -0.15) is 5.10 Å². The summed E-state index contributed by atoms with van der Waals surface area (Å²) < 4.78 is 1.85. The lowest BCUT2D eigenvalue weighted by Crippen LogP contribution is -2.42.